The van der Waals surface area contributed by atoms with Crippen molar-refractivity contribution in [3.63, 3.8) is 0 Å². The third-order valence-electron chi connectivity index (χ3n) is 4.00. The van der Waals surface area contributed by atoms with Crippen LogP contribution >= 0.6 is 11.8 Å². The van der Waals surface area contributed by atoms with Crippen LogP contribution in [0.15, 0.2) is 0 Å². The highest BCUT2D eigenvalue weighted by Crippen LogP contribution is 2.23. The van der Waals surface area contributed by atoms with E-state index in [0.29, 0.717) is 18.9 Å². The molecule has 116 valence electrons. The zero-order valence-corrected chi connectivity index (χ0v) is 13.5. The number of nitrogens with zero attached hydrogens (tertiary/aromatic N) is 2. The van der Waals surface area contributed by atoms with Crippen molar-refractivity contribution in [1.29, 1.82) is 0 Å². The maximum Gasteiger partial charge on any atom is 0.320 e. The van der Waals surface area contributed by atoms with Crippen LogP contribution in [-0.2, 0) is 4.79 Å². The van der Waals surface area contributed by atoms with E-state index in [2.05, 4.69) is 13.2 Å². The van der Waals surface area contributed by atoms with E-state index >= 15 is 0 Å². The molecule has 1 saturated heterocycles. The Labute approximate surface area is 125 Å². The smallest absolute Gasteiger partial charge is 0.320 e. The fourth-order valence-corrected chi connectivity index (χ4v) is 3.49. The van der Waals surface area contributed by atoms with Crippen LogP contribution in [0, 0.1) is 5.92 Å². The van der Waals surface area contributed by atoms with Crippen LogP contribution in [0.4, 0.5) is 4.79 Å². The van der Waals surface area contributed by atoms with E-state index in [1.807, 2.05) is 16.8 Å². The van der Waals surface area contributed by atoms with E-state index in [-0.39, 0.29) is 18.5 Å². The highest BCUT2D eigenvalue weighted by atomic mass is 32.2. The molecule has 2 atom stereocenters. The summed E-state index contributed by atoms with van der Waals surface area (Å²) < 4.78 is 0. The van der Waals surface area contributed by atoms with Crippen LogP contribution in [0.25, 0.3) is 0 Å². The van der Waals surface area contributed by atoms with Gasteiger partial charge in [0.15, 0.2) is 0 Å². The topological polar surface area (TPSA) is 60.9 Å². The van der Waals surface area contributed by atoms with Gasteiger partial charge in [0, 0.05) is 38.4 Å². The summed E-state index contributed by atoms with van der Waals surface area (Å²) in [5.74, 6) is 0.539. The lowest BCUT2D eigenvalue weighted by Crippen LogP contribution is -2.46. The number of carboxylic acids is 1. The first-order chi connectivity index (χ1) is 9.49. The molecule has 6 heteroatoms. The van der Waals surface area contributed by atoms with Gasteiger partial charge in [0.25, 0.3) is 0 Å². The van der Waals surface area contributed by atoms with Crippen molar-refractivity contribution >= 4 is 23.8 Å². The average molecular weight is 302 g/mol. The third kappa shape index (κ3) is 4.89. The number of urea groups is 1. The van der Waals surface area contributed by atoms with Gasteiger partial charge >= 0.3 is 12.0 Å². The Hall–Kier alpha value is -0.910. The van der Waals surface area contributed by atoms with Crippen molar-refractivity contribution in [2.24, 2.45) is 5.92 Å². The molecule has 2 amide bonds. The largest absolute Gasteiger partial charge is 0.481 e. The second-order valence-corrected chi connectivity index (χ2v) is 6.35. The molecule has 1 fully saturated rings. The molecular weight excluding hydrogens is 276 g/mol. The number of carboxylic acid groups (broad SMARTS) is 1. The minimum atomic E-state index is -0.752. The summed E-state index contributed by atoms with van der Waals surface area (Å²) in [5.41, 5.74) is 0. The fraction of sp³-hybridized carbons (Fsp3) is 0.857. The minimum Gasteiger partial charge on any atom is -0.481 e. The van der Waals surface area contributed by atoms with Crippen LogP contribution in [-0.4, -0.2) is 65.1 Å². The van der Waals surface area contributed by atoms with E-state index < -0.39 is 5.97 Å². The number of hydrogen-bond acceptors (Lipinski definition) is 3. The predicted molar refractivity (Wildman–Crippen MR) is 82.2 cm³/mol. The maximum atomic E-state index is 12.4. The van der Waals surface area contributed by atoms with Gasteiger partial charge in [0.05, 0.1) is 0 Å². The van der Waals surface area contributed by atoms with E-state index in [9.17, 15) is 9.59 Å². The molecule has 1 rings (SSSR count). The SMILES string of the molecule is CCC(CSC)N(C)C(=O)N1CCC(CCC(=O)O)C1. The number of likely N-dealkylation sites (tertiary alicyclic amines) is 1. The quantitative estimate of drug-likeness (QED) is 0.784. The number of thioether (sulfide) groups is 1. The van der Waals surface area contributed by atoms with Crippen LogP contribution in [0.3, 0.4) is 0 Å². The Balaban J connectivity index is 2.46. The molecule has 1 aliphatic rings. The Bertz CT molecular complexity index is 338. The molecule has 0 aromatic rings. The van der Waals surface area contributed by atoms with Crippen LogP contribution in [0.1, 0.15) is 32.6 Å². The molecule has 5 nitrogen and oxygen atoms in total. The van der Waals surface area contributed by atoms with Crippen molar-refractivity contribution in [3.05, 3.63) is 0 Å². The number of amides is 2. The summed E-state index contributed by atoms with van der Waals surface area (Å²) in [6, 6.07) is 0.360. The summed E-state index contributed by atoms with van der Waals surface area (Å²) in [7, 11) is 1.87. The highest BCUT2D eigenvalue weighted by Gasteiger charge is 2.30. The number of aliphatic carboxylic acids is 1. The predicted octanol–water partition coefficient (Wildman–Crippen LogP) is 2.37. The first kappa shape index (κ1) is 17.1. The lowest BCUT2D eigenvalue weighted by molar-refractivity contribution is -0.137. The van der Waals surface area contributed by atoms with E-state index in [0.717, 1.165) is 25.1 Å². The molecule has 1 heterocycles. The molecule has 0 aromatic carbocycles. The van der Waals surface area contributed by atoms with Crippen molar-refractivity contribution in [3.8, 4) is 0 Å². The summed E-state index contributed by atoms with van der Waals surface area (Å²) >= 11 is 1.76. The molecular formula is C14H26N2O3S. The van der Waals surface area contributed by atoms with E-state index in [1.165, 1.54) is 0 Å². The number of hydrogen-bond donors (Lipinski definition) is 1. The molecule has 2 unspecified atom stereocenters. The average Bonchev–Trinajstić information content (AvgIpc) is 2.89. The normalized spacial score (nSPS) is 19.9. The number of rotatable bonds is 7. The first-order valence-electron chi connectivity index (χ1n) is 7.22. The molecule has 0 saturated carbocycles. The zero-order chi connectivity index (χ0) is 15.1. The lowest BCUT2D eigenvalue weighted by atomic mass is 10.0. The molecule has 0 aromatic heterocycles. The fourth-order valence-electron chi connectivity index (χ4n) is 2.64. The van der Waals surface area contributed by atoms with Crippen molar-refractivity contribution in [2.75, 3.05) is 32.1 Å². The molecule has 1 aliphatic heterocycles. The molecule has 0 spiro atoms. The Morgan fingerprint density at radius 1 is 1.50 bits per heavy atom. The van der Waals surface area contributed by atoms with Crippen molar-refractivity contribution in [1.82, 2.24) is 9.80 Å². The monoisotopic (exact) mass is 302 g/mol. The van der Waals surface area contributed by atoms with Gasteiger partial charge in [-0.15, -0.1) is 0 Å². The zero-order valence-electron chi connectivity index (χ0n) is 12.7. The first-order valence-corrected chi connectivity index (χ1v) is 8.61. The number of carbonyl (C=O) groups excluding carboxylic acids is 1. The Morgan fingerprint density at radius 2 is 2.20 bits per heavy atom. The molecule has 20 heavy (non-hydrogen) atoms. The standard InChI is InChI=1S/C14H26N2O3S/c1-4-12(10-20-3)15(2)14(19)16-8-7-11(9-16)5-6-13(17)18/h11-12H,4-10H2,1-3H3,(H,17,18). The van der Waals surface area contributed by atoms with Crippen LogP contribution in [0.5, 0.6) is 0 Å². The van der Waals surface area contributed by atoms with Gasteiger partial charge in [0.1, 0.15) is 0 Å². The van der Waals surface area contributed by atoms with Crippen molar-refractivity contribution in [2.45, 2.75) is 38.6 Å². The summed E-state index contributed by atoms with van der Waals surface area (Å²) in [6.45, 7) is 3.56. The third-order valence-corrected chi connectivity index (χ3v) is 4.72. The Kier molecular flexibility index (Phi) is 7.19. The maximum absolute atomic E-state index is 12.4. The van der Waals surface area contributed by atoms with Gasteiger partial charge in [-0.2, -0.15) is 11.8 Å². The summed E-state index contributed by atoms with van der Waals surface area (Å²) in [4.78, 5) is 26.7. The molecule has 0 bridgehead atoms. The Morgan fingerprint density at radius 3 is 2.75 bits per heavy atom. The minimum absolute atomic E-state index is 0.0868. The van der Waals surface area contributed by atoms with Crippen molar-refractivity contribution < 1.29 is 14.7 Å². The van der Waals surface area contributed by atoms with Gasteiger partial charge in [-0.25, -0.2) is 4.79 Å². The molecule has 0 radical (unpaired) electrons. The summed E-state index contributed by atoms with van der Waals surface area (Å²) in [6.07, 6.45) is 4.81. The summed E-state index contributed by atoms with van der Waals surface area (Å²) in [5, 5.41) is 8.71. The van der Waals surface area contributed by atoms with Gasteiger partial charge in [-0.05, 0) is 31.4 Å². The highest BCUT2D eigenvalue weighted by molar-refractivity contribution is 7.98. The second-order valence-electron chi connectivity index (χ2n) is 5.44. The van der Waals surface area contributed by atoms with E-state index in [4.69, 9.17) is 5.11 Å². The van der Waals surface area contributed by atoms with Gasteiger partial charge in [-0.1, -0.05) is 6.92 Å². The van der Waals surface area contributed by atoms with Crippen LogP contribution in [0.2, 0.25) is 0 Å². The number of carbonyl (C=O) groups is 2. The molecule has 0 aliphatic carbocycles. The van der Waals surface area contributed by atoms with E-state index in [1.54, 1.807) is 11.8 Å². The second kappa shape index (κ2) is 8.39. The molecule has 1 N–H and O–H groups in total. The van der Waals surface area contributed by atoms with Gasteiger partial charge < -0.3 is 14.9 Å². The van der Waals surface area contributed by atoms with Gasteiger partial charge in [-0.3, -0.25) is 4.79 Å². The van der Waals surface area contributed by atoms with Crippen LogP contribution < -0.4 is 0 Å². The van der Waals surface area contributed by atoms with Gasteiger partial charge in [0.2, 0.25) is 0 Å². The lowest BCUT2D eigenvalue weighted by Gasteiger charge is -2.31.